The maximum atomic E-state index is 9.10. The third-order valence-corrected chi connectivity index (χ3v) is 1.97. The van der Waals surface area contributed by atoms with Crippen molar-refractivity contribution in [1.82, 2.24) is 0 Å². The zero-order chi connectivity index (χ0) is 11.8. The van der Waals surface area contributed by atoms with Crippen LogP contribution in [0.5, 0.6) is 5.75 Å². The number of phenolic OH excluding ortho intramolecular Hbond substituents is 1. The first-order valence-corrected chi connectivity index (χ1v) is 5.62. The van der Waals surface area contributed by atoms with Crippen LogP contribution in [0.15, 0.2) is 54.6 Å². The zero-order valence-electron chi connectivity index (χ0n) is 9.85. The van der Waals surface area contributed by atoms with Gasteiger partial charge in [-0.25, -0.2) is 0 Å². The third-order valence-electron chi connectivity index (χ3n) is 1.97. The summed E-state index contributed by atoms with van der Waals surface area (Å²) in [6.07, 6.45) is 1.25. The monoisotopic (exact) mass is 214 g/mol. The minimum Gasteiger partial charge on any atom is -0.508 e. The Labute approximate surface area is 97.4 Å². The molecule has 0 aromatic heterocycles. The normalized spacial score (nSPS) is 9.12. The molecule has 0 radical (unpaired) electrons. The number of phenols is 1. The number of hydrogen-bond acceptors (Lipinski definition) is 1. The van der Waals surface area contributed by atoms with Gasteiger partial charge in [-0.3, -0.25) is 0 Å². The summed E-state index contributed by atoms with van der Waals surface area (Å²) in [7, 11) is 0. The molecule has 1 N–H and O–H groups in total. The van der Waals surface area contributed by atoms with Crippen molar-refractivity contribution in [2.75, 3.05) is 0 Å². The molecule has 0 amide bonds. The summed E-state index contributed by atoms with van der Waals surface area (Å²) in [6, 6.07) is 17.3. The van der Waals surface area contributed by atoms with Gasteiger partial charge in [0.25, 0.3) is 0 Å². The predicted molar refractivity (Wildman–Crippen MR) is 69.5 cm³/mol. The van der Waals surface area contributed by atoms with Gasteiger partial charge in [0.15, 0.2) is 0 Å². The van der Waals surface area contributed by atoms with E-state index in [9.17, 15) is 0 Å². The van der Waals surface area contributed by atoms with Crippen LogP contribution in [0, 0.1) is 0 Å². The van der Waals surface area contributed by atoms with E-state index in [0.29, 0.717) is 5.75 Å². The highest BCUT2D eigenvalue weighted by atomic mass is 16.3. The highest BCUT2D eigenvalue weighted by Gasteiger charge is 1.94. The van der Waals surface area contributed by atoms with E-state index in [0.717, 1.165) is 5.56 Å². The van der Waals surface area contributed by atoms with E-state index in [1.807, 2.05) is 42.5 Å². The largest absolute Gasteiger partial charge is 0.508 e. The zero-order valence-corrected chi connectivity index (χ0v) is 9.85. The fourth-order valence-corrected chi connectivity index (χ4v) is 1.28. The van der Waals surface area contributed by atoms with Crippen molar-refractivity contribution in [2.45, 2.75) is 20.3 Å². The summed E-state index contributed by atoms with van der Waals surface area (Å²) in [4.78, 5) is 0. The Balaban J connectivity index is 0.000000386. The first-order valence-electron chi connectivity index (χ1n) is 5.62. The Morgan fingerprint density at radius 2 is 1.19 bits per heavy atom. The molecule has 0 bridgehead atoms. The van der Waals surface area contributed by atoms with Crippen molar-refractivity contribution in [3.8, 4) is 16.9 Å². The lowest BCUT2D eigenvalue weighted by atomic mass is 10.1. The van der Waals surface area contributed by atoms with Crippen LogP contribution < -0.4 is 0 Å². The van der Waals surface area contributed by atoms with Gasteiger partial charge in [0.05, 0.1) is 0 Å². The van der Waals surface area contributed by atoms with Crippen LogP contribution in [0.25, 0.3) is 11.1 Å². The van der Waals surface area contributed by atoms with E-state index in [4.69, 9.17) is 5.11 Å². The first-order chi connectivity index (χ1) is 7.77. The Kier molecular flexibility index (Phi) is 5.13. The summed E-state index contributed by atoms with van der Waals surface area (Å²) in [6.45, 7) is 4.25. The van der Waals surface area contributed by atoms with Crippen molar-refractivity contribution < 1.29 is 5.11 Å². The molecule has 2 aromatic rings. The molecule has 0 aliphatic rings. The van der Waals surface area contributed by atoms with Gasteiger partial charge < -0.3 is 5.11 Å². The Morgan fingerprint density at radius 3 is 1.69 bits per heavy atom. The smallest absolute Gasteiger partial charge is 0.115 e. The lowest BCUT2D eigenvalue weighted by Crippen LogP contribution is -1.74. The van der Waals surface area contributed by atoms with Gasteiger partial charge in [0.2, 0.25) is 0 Å². The third kappa shape index (κ3) is 3.77. The van der Waals surface area contributed by atoms with E-state index in [-0.39, 0.29) is 0 Å². The number of benzene rings is 2. The fourth-order valence-electron chi connectivity index (χ4n) is 1.28. The molecule has 0 fully saturated rings. The molecule has 0 heterocycles. The quantitative estimate of drug-likeness (QED) is 0.742. The van der Waals surface area contributed by atoms with Crippen molar-refractivity contribution in [3.63, 3.8) is 0 Å². The maximum absolute atomic E-state index is 9.10. The van der Waals surface area contributed by atoms with Crippen molar-refractivity contribution >= 4 is 0 Å². The van der Waals surface area contributed by atoms with Crippen molar-refractivity contribution in [3.05, 3.63) is 54.6 Å². The molecule has 84 valence electrons. The summed E-state index contributed by atoms with van der Waals surface area (Å²) in [5.41, 5.74) is 2.29. The van der Waals surface area contributed by atoms with Gasteiger partial charge >= 0.3 is 0 Å². The van der Waals surface area contributed by atoms with Crippen LogP contribution in [0.3, 0.4) is 0 Å². The van der Waals surface area contributed by atoms with Gasteiger partial charge in [-0.2, -0.15) is 0 Å². The lowest BCUT2D eigenvalue weighted by molar-refractivity contribution is 0.475. The molecule has 0 spiro atoms. The summed E-state index contributed by atoms with van der Waals surface area (Å²) < 4.78 is 0. The summed E-state index contributed by atoms with van der Waals surface area (Å²) >= 11 is 0. The van der Waals surface area contributed by atoms with Crippen LogP contribution in [-0.2, 0) is 0 Å². The Bertz CT molecular complexity index is 390. The fraction of sp³-hybridized carbons (Fsp3) is 0.200. The molecule has 0 unspecified atom stereocenters. The predicted octanol–water partition coefficient (Wildman–Crippen LogP) is 4.48. The average Bonchev–Trinajstić information content (AvgIpc) is 2.32. The molecule has 16 heavy (non-hydrogen) atoms. The van der Waals surface area contributed by atoms with E-state index in [1.165, 1.54) is 12.0 Å². The number of aromatic hydroxyl groups is 1. The molecule has 0 atom stereocenters. The maximum Gasteiger partial charge on any atom is 0.115 e. The summed E-state index contributed by atoms with van der Waals surface area (Å²) in [5, 5.41) is 9.10. The highest BCUT2D eigenvalue weighted by molar-refractivity contribution is 5.63. The van der Waals surface area contributed by atoms with Crippen LogP contribution in [-0.4, -0.2) is 5.11 Å². The van der Waals surface area contributed by atoms with Gasteiger partial charge in [-0.15, -0.1) is 0 Å². The molecule has 1 heteroatoms. The average molecular weight is 214 g/mol. The van der Waals surface area contributed by atoms with Gasteiger partial charge in [-0.05, 0) is 23.3 Å². The topological polar surface area (TPSA) is 20.2 Å². The van der Waals surface area contributed by atoms with Crippen molar-refractivity contribution in [2.24, 2.45) is 0 Å². The van der Waals surface area contributed by atoms with E-state index < -0.39 is 0 Å². The van der Waals surface area contributed by atoms with Crippen LogP contribution >= 0.6 is 0 Å². The van der Waals surface area contributed by atoms with Gasteiger partial charge in [-0.1, -0.05) is 62.7 Å². The van der Waals surface area contributed by atoms with Crippen LogP contribution in [0.1, 0.15) is 20.3 Å². The van der Waals surface area contributed by atoms with E-state index in [1.54, 1.807) is 12.1 Å². The SMILES string of the molecule is CCC.Oc1ccc(-c2ccccc2)cc1. The molecule has 0 saturated heterocycles. The lowest BCUT2D eigenvalue weighted by Gasteiger charge is -2.00. The molecule has 0 saturated carbocycles. The van der Waals surface area contributed by atoms with Crippen LogP contribution in [0.4, 0.5) is 0 Å². The van der Waals surface area contributed by atoms with E-state index >= 15 is 0 Å². The van der Waals surface area contributed by atoms with Crippen molar-refractivity contribution in [1.29, 1.82) is 0 Å². The number of rotatable bonds is 1. The minimum absolute atomic E-state index is 0.305. The van der Waals surface area contributed by atoms with Crippen LogP contribution in [0.2, 0.25) is 0 Å². The molecule has 2 rings (SSSR count). The van der Waals surface area contributed by atoms with Gasteiger partial charge in [0, 0.05) is 0 Å². The minimum atomic E-state index is 0.305. The first kappa shape index (κ1) is 12.3. The second-order valence-electron chi connectivity index (χ2n) is 3.62. The molecule has 2 aromatic carbocycles. The second-order valence-corrected chi connectivity index (χ2v) is 3.62. The van der Waals surface area contributed by atoms with E-state index in [2.05, 4.69) is 13.8 Å². The molecular weight excluding hydrogens is 196 g/mol. The molecule has 0 aliphatic carbocycles. The molecule has 1 nitrogen and oxygen atoms in total. The standard InChI is InChI=1S/C12H10O.C3H8/c13-12-8-6-11(7-9-12)10-4-2-1-3-5-10;1-3-2/h1-9,13H;3H2,1-2H3. The number of hydrogen-bond donors (Lipinski definition) is 1. The molecule has 0 aliphatic heterocycles. The van der Waals surface area contributed by atoms with Gasteiger partial charge in [0.1, 0.15) is 5.75 Å². The second kappa shape index (κ2) is 6.67. The Hall–Kier alpha value is -1.76. The Morgan fingerprint density at radius 1 is 0.750 bits per heavy atom. The molecular formula is C15H18O. The summed E-state index contributed by atoms with van der Waals surface area (Å²) in [5.74, 6) is 0.305. The highest BCUT2D eigenvalue weighted by Crippen LogP contribution is 2.20.